The maximum absolute atomic E-state index is 12.1. The molecule has 0 fully saturated rings. The number of amides is 3. The number of benzene rings is 1. The van der Waals surface area contributed by atoms with Crippen LogP contribution in [0.2, 0.25) is 0 Å². The van der Waals surface area contributed by atoms with E-state index in [1.54, 1.807) is 18.2 Å². The van der Waals surface area contributed by atoms with E-state index in [0.717, 1.165) is 10.4 Å². The molecule has 1 atom stereocenters. The predicted octanol–water partition coefficient (Wildman–Crippen LogP) is 2.04. The van der Waals surface area contributed by atoms with E-state index in [4.69, 9.17) is 11.0 Å². The van der Waals surface area contributed by atoms with E-state index in [1.807, 2.05) is 23.6 Å². The highest BCUT2D eigenvalue weighted by Gasteiger charge is 2.18. The summed E-state index contributed by atoms with van der Waals surface area (Å²) in [5, 5.41) is 16.1. The summed E-state index contributed by atoms with van der Waals surface area (Å²) < 4.78 is 0. The first-order chi connectivity index (χ1) is 11.1. The minimum absolute atomic E-state index is 0.0986. The molecular weight excluding hydrogens is 312 g/mol. The van der Waals surface area contributed by atoms with Gasteiger partial charge in [-0.2, -0.15) is 5.26 Å². The summed E-state index contributed by atoms with van der Waals surface area (Å²) in [7, 11) is 0. The lowest BCUT2D eigenvalue weighted by Crippen LogP contribution is -2.36. The van der Waals surface area contributed by atoms with Crippen molar-refractivity contribution in [2.45, 2.75) is 19.0 Å². The van der Waals surface area contributed by atoms with Crippen molar-refractivity contribution in [1.29, 1.82) is 5.26 Å². The van der Waals surface area contributed by atoms with Crippen LogP contribution in [0.4, 0.5) is 4.79 Å². The first-order valence-electron chi connectivity index (χ1n) is 6.93. The van der Waals surface area contributed by atoms with Crippen LogP contribution < -0.4 is 16.4 Å². The van der Waals surface area contributed by atoms with Crippen LogP contribution >= 0.6 is 11.3 Å². The summed E-state index contributed by atoms with van der Waals surface area (Å²) >= 11 is 1.45. The number of urea groups is 1. The Kier molecular flexibility index (Phi) is 5.72. The smallest absolute Gasteiger partial charge is 0.312 e. The van der Waals surface area contributed by atoms with E-state index in [9.17, 15) is 9.59 Å². The van der Waals surface area contributed by atoms with Crippen molar-refractivity contribution < 1.29 is 9.59 Å². The molecule has 1 aromatic carbocycles. The number of nitriles is 1. The number of nitrogens with zero attached hydrogens (tertiary/aromatic N) is 1. The quantitative estimate of drug-likeness (QED) is 0.755. The second-order valence-electron chi connectivity index (χ2n) is 4.87. The van der Waals surface area contributed by atoms with Crippen LogP contribution in [0.3, 0.4) is 0 Å². The van der Waals surface area contributed by atoms with Crippen LogP contribution in [0.5, 0.6) is 0 Å². The third-order valence-electron chi connectivity index (χ3n) is 3.14. The zero-order valence-corrected chi connectivity index (χ0v) is 13.1. The van der Waals surface area contributed by atoms with Crippen LogP contribution in [0.15, 0.2) is 41.8 Å². The number of hydrogen-bond acceptors (Lipinski definition) is 4. The molecule has 0 aliphatic heterocycles. The van der Waals surface area contributed by atoms with Gasteiger partial charge in [0.15, 0.2) is 0 Å². The molecule has 118 valence electrons. The van der Waals surface area contributed by atoms with Gasteiger partial charge < -0.3 is 16.4 Å². The summed E-state index contributed by atoms with van der Waals surface area (Å²) in [5.74, 6) is -0.209. The molecule has 1 aromatic heterocycles. The van der Waals surface area contributed by atoms with Crippen LogP contribution in [0.1, 0.15) is 28.5 Å². The van der Waals surface area contributed by atoms with E-state index in [0.29, 0.717) is 12.1 Å². The van der Waals surface area contributed by atoms with E-state index in [2.05, 4.69) is 16.7 Å². The Balaban J connectivity index is 1.94. The van der Waals surface area contributed by atoms with Crippen LogP contribution in [-0.2, 0) is 11.3 Å². The van der Waals surface area contributed by atoms with Crippen LogP contribution in [-0.4, -0.2) is 11.9 Å². The third-order valence-corrected chi connectivity index (χ3v) is 4.12. The summed E-state index contributed by atoms with van der Waals surface area (Å²) in [6.07, 6.45) is 0.0986. The molecule has 0 bridgehead atoms. The predicted molar refractivity (Wildman–Crippen MR) is 87.4 cm³/mol. The van der Waals surface area contributed by atoms with Gasteiger partial charge in [-0.05, 0) is 29.1 Å². The third kappa shape index (κ3) is 5.13. The topological polar surface area (TPSA) is 108 Å². The Morgan fingerprint density at radius 1 is 1.30 bits per heavy atom. The lowest BCUT2D eigenvalue weighted by Gasteiger charge is -2.16. The highest BCUT2D eigenvalue weighted by atomic mass is 32.1. The zero-order chi connectivity index (χ0) is 16.7. The largest absolute Gasteiger partial charge is 0.352 e. The number of carbonyl (C=O) groups is 2. The van der Waals surface area contributed by atoms with Crippen molar-refractivity contribution in [2.24, 2.45) is 5.73 Å². The van der Waals surface area contributed by atoms with Gasteiger partial charge in [0.25, 0.3) is 0 Å². The number of nitrogens with one attached hydrogen (secondary N) is 2. The molecule has 23 heavy (non-hydrogen) atoms. The van der Waals surface area contributed by atoms with Gasteiger partial charge in [-0.15, -0.1) is 11.3 Å². The molecule has 0 aliphatic carbocycles. The van der Waals surface area contributed by atoms with Crippen molar-refractivity contribution in [2.75, 3.05) is 0 Å². The average molecular weight is 328 g/mol. The molecule has 2 rings (SSSR count). The van der Waals surface area contributed by atoms with Gasteiger partial charge in [0.05, 0.1) is 24.1 Å². The Hall–Kier alpha value is -2.85. The van der Waals surface area contributed by atoms with E-state index >= 15 is 0 Å². The fourth-order valence-electron chi connectivity index (χ4n) is 2.09. The van der Waals surface area contributed by atoms with Crippen molar-refractivity contribution in [1.82, 2.24) is 10.6 Å². The molecule has 0 saturated carbocycles. The molecule has 0 radical (unpaired) electrons. The number of carbonyl (C=O) groups excluding carboxylic acids is 2. The maximum atomic E-state index is 12.1. The highest BCUT2D eigenvalue weighted by molar-refractivity contribution is 7.10. The molecule has 0 unspecified atom stereocenters. The van der Waals surface area contributed by atoms with Gasteiger partial charge in [-0.1, -0.05) is 18.2 Å². The molecule has 0 spiro atoms. The molecule has 3 amide bonds. The molecule has 1 heterocycles. The lowest BCUT2D eigenvalue weighted by molar-refractivity contribution is -0.121. The fourth-order valence-corrected chi connectivity index (χ4v) is 2.87. The first-order valence-corrected chi connectivity index (χ1v) is 7.81. The number of thiophene rings is 1. The van der Waals surface area contributed by atoms with Gasteiger partial charge in [-0.25, -0.2) is 4.79 Å². The minimum atomic E-state index is -0.669. The van der Waals surface area contributed by atoms with Crippen LogP contribution in [0.25, 0.3) is 0 Å². The van der Waals surface area contributed by atoms with Crippen LogP contribution in [0, 0.1) is 11.3 Å². The standard InChI is InChI=1S/C16H16N4O2S/c17-9-11-3-1-4-12(7-11)10-19-15(21)8-13(20-16(18)22)14-5-2-6-23-14/h1-7,13H,8,10H2,(H,19,21)(H3,18,20,22)/t13-/m1/s1. The minimum Gasteiger partial charge on any atom is -0.352 e. The lowest BCUT2D eigenvalue weighted by atomic mass is 10.1. The summed E-state index contributed by atoms with van der Waals surface area (Å²) in [6.45, 7) is 0.322. The number of primary amides is 1. The Bertz CT molecular complexity index is 722. The van der Waals surface area contributed by atoms with Gasteiger partial charge in [0, 0.05) is 11.4 Å². The van der Waals surface area contributed by atoms with E-state index in [-0.39, 0.29) is 12.3 Å². The number of nitrogens with two attached hydrogens (primary N) is 1. The Labute approximate surface area is 137 Å². The summed E-state index contributed by atoms with van der Waals surface area (Å²) in [5.41, 5.74) is 6.55. The molecule has 2 aromatic rings. The monoisotopic (exact) mass is 328 g/mol. The van der Waals surface area contributed by atoms with Gasteiger partial charge in [0.1, 0.15) is 0 Å². The molecule has 4 N–H and O–H groups in total. The first kappa shape index (κ1) is 16.5. The second-order valence-corrected chi connectivity index (χ2v) is 5.85. The Morgan fingerprint density at radius 2 is 2.13 bits per heavy atom. The van der Waals surface area contributed by atoms with Crippen molar-refractivity contribution in [3.05, 3.63) is 57.8 Å². The van der Waals surface area contributed by atoms with Crippen molar-refractivity contribution in [3.8, 4) is 6.07 Å². The maximum Gasteiger partial charge on any atom is 0.312 e. The molecule has 7 heteroatoms. The fraction of sp³-hybridized carbons (Fsp3) is 0.188. The zero-order valence-electron chi connectivity index (χ0n) is 12.3. The van der Waals surface area contributed by atoms with Gasteiger partial charge >= 0.3 is 6.03 Å². The molecule has 0 saturated heterocycles. The number of hydrogen-bond donors (Lipinski definition) is 3. The van der Waals surface area contributed by atoms with E-state index < -0.39 is 12.1 Å². The molecular formula is C16H16N4O2S. The highest BCUT2D eigenvalue weighted by Crippen LogP contribution is 2.21. The summed E-state index contributed by atoms with van der Waals surface area (Å²) in [6, 6.07) is 11.7. The van der Waals surface area contributed by atoms with Crippen molar-refractivity contribution in [3.63, 3.8) is 0 Å². The normalized spacial score (nSPS) is 11.3. The molecule has 0 aliphatic rings. The average Bonchev–Trinajstić information content (AvgIpc) is 3.06. The van der Waals surface area contributed by atoms with Crippen molar-refractivity contribution >= 4 is 23.3 Å². The molecule has 6 nitrogen and oxygen atoms in total. The number of rotatable bonds is 6. The Morgan fingerprint density at radius 3 is 2.78 bits per heavy atom. The summed E-state index contributed by atoms with van der Waals surface area (Å²) in [4.78, 5) is 24.1. The van der Waals surface area contributed by atoms with Gasteiger partial charge in [-0.3, -0.25) is 4.79 Å². The van der Waals surface area contributed by atoms with Gasteiger partial charge in [0.2, 0.25) is 5.91 Å². The SMILES string of the molecule is N#Cc1cccc(CNC(=O)C[C@@H](NC(N)=O)c2cccs2)c1. The van der Waals surface area contributed by atoms with E-state index in [1.165, 1.54) is 11.3 Å². The second kappa shape index (κ2) is 7.96.